The molecule has 2 rings (SSSR count). The molecule has 0 saturated heterocycles. The van der Waals surface area contributed by atoms with E-state index < -0.39 is 0 Å². The Bertz CT molecular complexity index is 415. The van der Waals surface area contributed by atoms with E-state index in [4.69, 9.17) is 0 Å². The van der Waals surface area contributed by atoms with Crippen molar-refractivity contribution in [2.45, 2.75) is 19.9 Å². The molecule has 2 aromatic heterocycles. The number of nitrogens with zero attached hydrogens (tertiary/aromatic N) is 4. The summed E-state index contributed by atoms with van der Waals surface area (Å²) in [5.74, 6) is 0. The maximum absolute atomic E-state index is 4.24. The van der Waals surface area contributed by atoms with Gasteiger partial charge in [-0.05, 0) is 31.0 Å². The van der Waals surface area contributed by atoms with Crippen molar-refractivity contribution >= 4 is 0 Å². The highest BCUT2D eigenvalue weighted by molar-refractivity contribution is 5.03. The van der Waals surface area contributed by atoms with Gasteiger partial charge in [-0.2, -0.15) is 10.2 Å². The van der Waals surface area contributed by atoms with Crippen LogP contribution in [0.5, 0.6) is 0 Å². The zero-order valence-electron chi connectivity index (χ0n) is 10.4. The predicted octanol–water partition coefficient (Wildman–Crippen LogP) is 0.757. The molecule has 0 bridgehead atoms. The molecule has 0 radical (unpaired) electrons. The molecule has 1 N–H and O–H groups in total. The molecule has 17 heavy (non-hydrogen) atoms. The van der Waals surface area contributed by atoms with Gasteiger partial charge in [0, 0.05) is 26.0 Å². The molecule has 0 atom stereocenters. The standard InChI is InChI=1S/C12H19N5/c1-11-7-15-17(9-11)6-5-13-4-3-12-8-14-16(2)10-12/h7-10,13H,3-6H2,1-2H3. The zero-order valence-corrected chi connectivity index (χ0v) is 10.4. The van der Waals surface area contributed by atoms with Gasteiger partial charge in [0.1, 0.15) is 0 Å². The molecule has 92 valence electrons. The largest absolute Gasteiger partial charge is 0.315 e. The molecule has 0 saturated carbocycles. The summed E-state index contributed by atoms with van der Waals surface area (Å²) in [4.78, 5) is 0. The first-order valence-electron chi connectivity index (χ1n) is 5.91. The lowest BCUT2D eigenvalue weighted by atomic mass is 10.2. The summed E-state index contributed by atoms with van der Waals surface area (Å²) >= 11 is 0. The fraction of sp³-hybridized carbons (Fsp3) is 0.500. The molecule has 5 heteroatoms. The first-order valence-corrected chi connectivity index (χ1v) is 5.91. The Hall–Kier alpha value is -1.62. The smallest absolute Gasteiger partial charge is 0.0534 e. The molecule has 0 amide bonds. The van der Waals surface area contributed by atoms with Crippen LogP contribution < -0.4 is 5.32 Å². The Balaban J connectivity index is 1.60. The highest BCUT2D eigenvalue weighted by Crippen LogP contribution is 1.96. The van der Waals surface area contributed by atoms with Crippen molar-refractivity contribution in [2.24, 2.45) is 7.05 Å². The highest BCUT2D eigenvalue weighted by atomic mass is 15.3. The summed E-state index contributed by atoms with van der Waals surface area (Å²) in [6.45, 7) is 4.90. The van der Waals surface area contributed by atoms with E-state index in [1.165, 1.54) is 11.1 Å². The van der Waals surface area contributed by atoms with Crippen molar-refractivity contribution in [1.29, 1.82) is 0 Å². The van der Waals surface area contributed by atoms with E-state index in [0.717, 1.165) is 26.1 Å². The molecular formula is C12H19N5. The minimum Gasteiger partial charge on any atom is -0.315 e. The van der Waals surface area contributed by atoms with Gasteiger partial charge in [-0.1, -0.05) is 0 Å². The number of aryl methyl sites for hydroxylation is 2. The van der Waals surface area contributed by atoms with Crippen LogP contribution >= 0.6 is 0 Å². The van der Waals surface area contributed by atoms with E-state index >= 15 is 0 Å². The third kappa shape index (κ3) is 3.71. The fourth-order valence-corrected chi connectivity index (χ4v) is 1.74. The fourth-order valence-electron chi connectivity index (χ4n) is 1.74. The Labute approximate surface area is 101 Å². The molecule has 5 nitrogen and oxygen atoms in total. The molecule has 0 aliphatic carbocycles. The molecular weight excluding hydrogens is 214 g/mol. The van der Waals surface area contributed by atoms with Gasteiger partial charge in [0.25, 0.3) is 0 Å². The van der Waals surface area contributed by atoms with Gasteiger partial charge >= 0.3 is 0 Å². The van der Waals surface area contributed by atoms with Gasteiger partial charge in [0.15, 0.2) is 0 Å². The monoisotopic (exact) mass is 233 g/mol. The van der Waals surface area contributed by atoms with Crippen LogP contribution in [0.2, 0.25) is 0 Å². The predicted molar refractivity (Wildman–Crippen MR) is 66.7 cm³/mol. The molecule has 0 aromatic carbocycles. The molecule has 0 fully saturated rings. The Morgan fingerprint density at radius 3 is 2.71 bits per heavy atom. The van der Waals surface area contributed by atoms with Gasteiger partial charge < -0.3 is 5.32 Å². The summed E-state index contributed by atoms with van der Waals surface area (Å²) < 4.78 is 3.80. The molecule has 2 heterocycles. The molecule has 2 aromatic rings. The quantitative estimate of drug-likeness (QED) is 0.749. The lowest BCUT2D eigenvalue weighted by Crippen LogP contribution is -2.22. The maximum Gasteiger partial charge on any atom is 0.0534 e. The van der Waals surface area contributed by atoms with Gasteiger partial charge in [0.05, 0.1) is 18.9 Å². The van der Waals surface area contributed by atoms with Crippen LogP contribution in [0, 0.1) is 6.92 Å². The number of aromatic nitrogens is 4. The zero-order chi connectivity index (χ0) is 12.1. The highest BCUT2D eigenvalue weighted by Gasteiger charge is 1.96. The first kappa shape index (κ1) is 11.9. The van der Waals surface area contributed by atoms with Gasteiger partial charge in [0.2, 0.25) is 0 Å². The van der Waals surface area contributed by atoms with E-state index in [9.17, 15) is 0 Å². The average Bonchev–Trinajstić information content (AvgIpc) is 2.88. The molecule has 0 aliphatic heterocycles. The SMILES string of the molecule is Cc1cnn(CCNCCc2cnn(C)c2)c1. The lowest BCUT2D eigenvalue weighted by Gasteiger charge is -2.03. The summed E-state index contributed by atoms with van der Waals surface area (Å²) in [7, 11) is 1.94. The van der Waals surface area contributed by atoms with E-state index in [2.05, 4.69) is 34.8 Å². The van der Waals surface area contributed by atoms with Crippen molar-refractivity contribution in [1.82, 2.24) is 24.9 Å². The van der Waals surface area contributed by atoms with Crippen LogP contribution in [0.25, 0.3) is 0 Å². The van der Waals surface area contributed by atoms with Crippen LogP contribution in [-0.4, -0.2) is 32.7 Å². The van der Waals surface area contributed by atoms with Crippen LogP contribution in [0.4, 0.5) is 0 Å². The van der Waals surface area contributed by atoms with Crippen LogP contribution in [-0.2, 0) is 20.0 Å². The van der Waals surface area contributed by atoms with E-state index in [1.54, 1.807) is 0 Å². The van der Waals surface area contributed by atoms with E-state index in [-0.39, 0.29) is 0 Å². The van der Waals surface area contributed by atoms with Gasteiger partial charge in [-0.15, -0.1) is 0 Å². The second kappa shape index (κ2) is 5.63. The van der Waals surface area contributed by atoms with E-state index in [1.807, 2.05) is 28.8 Å². The van der Waals surface area contributed by atoms with E-state index in [0.29, 0.717) is 0 Å². The first-order chi connectivity index (χ1) is 8.24. The van der Waals surface area contributed by atoms with Crippen LogP contribution in [0.1, 0.15) is 11.1 Å². The second-order valence-corrected chi connectivity index (χ2v) is 4.30. The summed E-state index contributed by atoms with van der Waals surface area (Å²) in [6.07, 6.45) is 8.93. The minimum absolute atomic E-state index is 0.918. The lowest BCUT2D eigenvalue weighted by molar-refractivity contribution is 0.556. The number of hydrogen-bond acceptors (Lipinski definition) is 3. The average molecular weight is 233 g/mol. The molecule has 0 unspecified atom stereocenters. The van der Waals surface area contributed by atoms with Crippen molar-refractivity contribution in [2.75, 3.05) is 13.1 Å². The Kier molecular flexibility index (Phi) is 3.93. The van der Waals surface area contributed by atoms with Crippen molar-refractivity contribution in [3.8, 4) is 0 Å². The maximum atomic E-state index is 4.24. The van der Waals surface area contributed by atoms with Gasteiger partial charge in [-0.3, -0.25) is 9.36 Å². The second-order valence-electron chi connectivity index (χ2n) is 4.30. The Morgan fingerprint density at radius 2 is 2.06 bits per heavy atom. The summed E-state index contributed by atoms with van der Waals surface area (Å²) in [6, 6.07) is 0. The third-order valence-corrected chi connectivity index (χ3v) is 2.63. The summed E-state index contributed by atoms with van der Waals surface area (Å²) in [5.41, 5.74) is 2.48. The van der Waals surface area contributed by atoms with Crippen molar-refractivity contribution in [3.63, 3.8) is 0 Å². The molecule has 0 spiro atoms. The van der Waals surface area contributed by atoms with Crippen molar-refractivity contribution < 1.29 is 0 Å². The normalized spacial score (nSPS) is 10.9. The topological polar surface area (TPSA) is 47.7 Å². The summed E-state index contributed by atoms with van der Waals surface area (Å²) in [5, 5.41) is 11.8. The Morgan fingerprint density at radius 1 is 1.18 bits per heavy atom. The number of nitrogens with one attached hydrogen (secondary N) is 1. The third-order valence-electron chi connectivity index (χ3n) is 2.63. The molecule has 0 aliphatic rings. The minimum atomic E-state index is 0.918. The number of rotatable bonds is 6. The van der Waals surface area contributed by atoms with Crippen LogP contribution in [0.3, 0.4) is 0 Å². The van der Waals surface area contributed by atoms with Crippen LogP contribution in [0.15, 0.2) is 24.8 Å². The van der Waals surface area contributed by atoms with Gasteiger partial charge in [-0.25, -0.2) is 0 Å². The van der Waals surface area contributed by atoms with Crippen molar-refractivity contribution in [3.05, 3.63) is 35.9 Å². The number of hydrogen-bond donors (Lipinski definition) is 1.